The average molecular weight is 283 g/mol. The maximum absolute atomic E-state index is 9.30. The predicted molar refractivity (Wildman–Crippen MR) is 85.2 cm³/mol. The molecule has 0 spiro atoms. The van der Waals surface area contributed by atoms with Crippen LogP contribution in [0.15, 0.2) is 30.3 Å². The molecular formula is C17H21N3O. The van der Waals surface area contributed by atoms with Crippen molar-refractivity contribution in [1.29, 1.82) is 5.26 Å². The first-order chi connectivity index (χ1) is 10.1. The van der Waals surface area contributed by atoms with E-state index < -0.39 is 0 Å². The van der Waals surface area contributed by atoms with E-state index >= 15 is 0 Å². The van der Waals surface area contributed by atoms with Crippen molar-refractivity contribution in [3.05, 3.63) is 35.9 Å². The van der Waals surface area contributed by atoms with Crippen LogP contribution in [0, 0.1) is 16.7 Å². The molecule has 2 rings (SSSR count). The summed E-state index contributed by atoms with van der Waals surface area (Å²) >= 11 is 0. The Kier molecular flexibility index (Phi) is 4.77. The number of ether oxygens (including phenoxy) is 1. The summed E-state index contributed by atoms with van der Waals surface area (Å²) in [6, 6.07) is 11.9. The maximum Gasteiger partial charge on any atom is 0.144 e. The van der Waals surface area contributed by atoms with Crippen molar-refractivity contribution >= 4 is 16.7 Å². The standard InChI is InChI=1S/C17H21N3O/c1-17(2,8-9-21-3)12-19-16-14(11-18)10-13-6-4-5-7-15(13)20-16/h4-7,10H,8-9,12H2,1-3H3,(H,19,20). The van der Waals surface area contributed by atoms with Crippen LogP contribution in [0.5, 0.6) is 0 Å². The summed E-state index contributed by atoms with van der Waals surface area (Å²) in [5, 5.41) is 13.6. The number of nitrogens with one attached hydrogen (secondary N) is 1. The van der Waals surface area contributed by atoms with Crippen molar-refractivity contribution < 1.29 is 4.74 Å². The van der Waals surface area contributed by atoms with E-state index in [1.165, 1.54) is 0 Å². The summed E-state index contributed by atoms with van der Waals surface area (Å²) < 4.78 is 5.14. The number of pyridine rings is 1. The molecule has 0 fully saturated rings. The van der Waals surface area contributed by atoms with Gasteiger partial charge in [-0.2, -0.15) is 5.26 Å². The van der Waals surface area contributed by atoms with Gasteiger partial charge in [0, 0.05) is 25.6 Å². The van der Waals surface area contributed by atoms with Gasteiger partial charge in [0.15, 0.2) is 0 Å². The molecule has 1 N–H and O–H groups in total. The minimum absolute atomic E-state index is 0.0794. The Morgan fingerprint density at radius 1 is 1.33 bits per heavy atom. The molecule has 2 aromatic rings. The number of hydrogen-bond donors (Lipinski definition) is 1. The van der Waals surface area contributed by atoms with Crippen LogP contribution in [0.4, 0.5) is 5.82 Å². The van der Waals surface area contributed by atoms with Gasteiger partial charge in [-0.15, -0.1) is 0 Å². The highest BCUT2D eigenvalue weighted by molar-refractivity contribution is 5.82. The number of fused-ring (bicyclic) bond motifs is 1. The minimum atomic E-state index is 0.0794. The monoisotopic (exact) mass is 283 g/mol. The van der Waals surface area contributed by atoms with Gasteiger partial charge in [-0.3, -0.25) is 0 Å². The minimum Gasteiger partial charge on any atom is -0.385 e. The first-order valence-electron chi connectivity index (χ1n) is 7.08. The Bertz CT molecular complexity index is 659. The molecule has 0 saturated carbocycles. The molecule has 21 heavy (non-hydrogen) atoms. The van der Waals surface area contributed by atoms with Crippen LogP contribution in [0.1, 0.15) is 25.8 Å². The predicted octanol–water partition coefficient (Wildman–Crippen LogP) is 3.58. The number of rotatable bonds is 6. The molecule has 0 unspecified atom stereocenters. The number of para-hydroxylation sites is 1. The highest BCUT2D eigenvalue weighted by atomic mass is 16.5. The van der Waals surface area contributed by atoms with Gasteiger partial charge in [-0.1, -0.05) is 32.0 Å². The molecule has 0 bridgehead atoms. The molecule has 0 aliphatic rings. The Hall–Kier alpha value is -2.12. The fourth-order valence-corrected chi connectivity index (χ4v) is 2.13. The molecular weight excluding hydrogens is 262 g/mol. The summed E-state index contributed by atoms with van der Waals surface area (Å²) in [4.78, 5) is 4.56. The number of nitrogens with zero attached hydrogens (tertiary/aromatic N) is 2. The second-order valence-electron chi connectivity index (χ2n) is 5.95. The number of anilines is 1. The van der Waals surface area contributed by atoms with Crippen molar-refractivity contribution in [3.63, 3.8) is 0 Å². The molecule has 0 atom stereocenters. The zero-order valence-corrected chi connectivity index (χ0v) is 12.8. The molecule has 4 nitrogen and oxygen atoms in total. The molecule has 0 aliphatic carbocycles. The van der Waals surface area contributed by atoms with Crippen LogP contribution in [0.25, 0.3) is 10.9 Å². The fourth-order valence-electron chi connectivity index (χ4n) is 2.13. The van der Waals surface area contributed by atoms with E-state index in [1.807, 2.05) is 30.3 Å². The lowest BCUT2D eigenvalue weighted by atomic mass is 9.89. The van der Waals surface area contributed by atoms with E-state index in [9.17, 15) is 5.26 Å². The third kappa shape index (κ3) is 3.93. The van der Waals surface area contributed by atoms with E-state index in [2.05, 4.69) is 30.2 Å². The number of methoxy groups -OCH3 is 1. The van der Waals surface area contributed by atoms with E-state index in [-0.39, 0.29) is 5.41 Å². The summed E-state index contributed by atoms with van der Waals surface area (Å²) in [6.45, 7) is 5.82. The van der Waals surface area contributed by atoms with Crippen molar-refractivity contribution in [2.45, 2.75) is 20.3 Å². The first kappa shape index (κ1) is 15.3. The molecule has 0 radical (unpaired) electrons. The zero-order chi connectivity index (χ0) is 15.3. The van der Waals surface area contributed by atoms with E-state index in [0.29, 0.717) is 11.4 Å². The summed E-state index contributed by atoms with van der Waals surface area (Å²) in [5.74, 6) is 0.654. The van der Waals surface area contributed by atoms with Gasteiger partial charge in [-0.25, -0.2) is 4.98 Å². The van der Waals surface area contributed by atoms with E-state index in [4.69, 9.17) is 4.74 Å². The largest absolute Gasteiger partial charge is 0.385 e. The highest BCUT2D eigenvalue weighted by Crippen LogP contribution is 2.24. The number of aromatic nitrogens is 1. The third-order valence-corrected chi connectivity index (χ3v) is 3.56. The van der Waals surface area contributed by atoms with Crippen molar-refractivity contribution in [2.75, 3.05) is 25.6 Å². The van der Waals surface area contributed by atoms with Crippen LogP contribution in [-0.4, -0.2) is 25.2 Å². The van der Waals surface area contributed by atoms with Crippen molar-refractivity contribution in [1.82, 2.24) is 4.98 Å². The fraction of sp³-hybridized carbons (Fsp3) is 0.412. The second-order valence-corrected chi connectivity index (χ2v) is 5.95. The van der Waals surface area contributed by atoms with Gasteiger partial charge in [0.2, 0.25) is 0 Å². The molecule has 0 aliphatic heterocycles. The Balaban J connectivity index is 2.19. The Morgan fingerprint density at radius 3 is 2.81 bits per heavy atom. The Morgan fingerprint density at radius 2 is 2.10 bits per heavy atom. The molecule has 1 aromatic carbocycles. The van der Waals surface area contributed by atoms with Gasteiger partial charge in [0.05, 0.1) is 11.1 Å². The lowest BCUT2D eigenvalue weighted by molar-refractivity contribution is 0.157. The Labute approximate surface area is 125 Å². The van der Waals surface area contributed by atoms with Crippen molar-refractivity contribution in [3.8, 4) is 6.07 Å². The second kappa shape index (κ2) is 6.55. The van der Waals surface area contributed by atoms with Gasteiger partial charge < -0.3 is 10.1 Å². The maximum atomic E-state index is 9.30. The molecule has 0 amide bonds. The number of nitriles is 1. The van der Waals surface area contributed by atoms with Crippen LogP contribution < -0.4 is 5.32 Å². The molecule has 0 saturated heterocycles. The van der Waals surface area contributed by atoms with Gasteiger partial charge >= 0.3 is 0 Å². The smallest absolute Gasteiger partial charge is 0.144 e. The van der Waals surface area contributed by atoms with Gasteiger partial charge in [-0.05, 0) is 24.0 Å². The number of benzene rings is 1. The quantitative estimate of drug-likeness (QED) is 0.880. The number of hydrogen-bond acceptors (Lipinski definition) is 4. The third-order valence-electron chi connectivity index (χ3n) is 3.56. The molecule has 4 heteroatoms. The molecule has 1 aromatic heterocycles. The molecule has 1 heterocycles. The van der Waals surface area contributed by atoms with Gasteiger partial charge in [0.1, 0.15) is 11.9 Å². The van der Waals surface area contributed by atoms with Gasteiger partial charge in [0.25, 0.3) is 0 Å². The average Bonchev–Trinajstić information content (AvgIpc) is 2.50. The SMILES string of the molecule is COCCC(C)(C)CNc1nc2ccccc2cc1C#N. The van der Waals surface area contributed by atoms with Crippen LogP contribution in [-0.2, 0) is 4.74 Å². The normalized spacial score (nSPS) is 11.3. The van der Waals surface area contributed by atoms with Crippen LogP contribution >= 0.6 is 0 Å². The zero-order valence-electron chi connectivity index (χ0n) is 12.8. The summed E-state index contributed by atoms with van der Waals surface area (Å²) in [5.41, 5.74) is 1.56. The lowest BCUT2D eigenvalue weighted by Crippen LogP contribution is -2.25. The van der Waals surface area contributed by atoms with Crippen LogP contribution in [0.2, 0.25) is 0 Å². The first-order valence-corrected chi connectivity index (χ1v) is 7.08. The summed E-state index contributed by atoms with van der Waals surface area (Å²) in [6.07, 6.45) is 0.950. The lowest BCUT2D eigenvalue weighted by Gasteiger charge is -2.25. The van der Waals surface area contributed by atoms with Crippen LogP contribution in [0.3, 0.4) is 0 Å². The van der Waals surface area contributed by atoms with E-state index in [0.717, 1.165) is 30.5 Å². The molecule has 110 valence electrons. The highest BCUT2D eigenvalue weighted by Gasteiger charge is 2.18. The van der Waals surface area contributed by atoms with Crippen molar-refractivity contribution in [2.24, 2.45) is 5.41 Å². The summed E-state index contributed by atoms with van der Waals surface area (Å²) in [7, 11) is 1.71. The van der Waals surface area contributed by atoms with E-state index in [1.54, 1.807) is 7.11 Å². The topological polar surface area (TPSA) is 57.9 Å².